The highest BCUT2D eigenvalue weighted by molar-refractivity contribution is 5.77. The molecule has 21 heavy (non-hydrogen) atoms. The van der Waals surface area contributed by atoms with Crippen molar-refractivity contribution < 1.29 is 14.6 Å². The summed E-state index contributed by atoms with van der Waals surface area (Å²) in [5.74, 6) is 0.329. The maximum Gasteiger partial charge on any atom is 0.236 e. The first kappa shape index (κ1) is 15.8. The molecule has 1 N–H and O–H groups in total. The lowest BCUT2D eigenvalue weighted by atomic mass is 10.1. The second kappa shape index (κ2) is 7.43. The number of phenols is 1. The fourth-order valence-corrected chi connectivity index (χ4v) is 2.48. The predicted octanol–water partition coefficient (Wildman–Crippen LogP) is 1.46. The molecule has 0 aromatic heterocycles. The molecule has 0 saturated carbocycles. The molecule has 0 bridgehead atoms. The van der Waals surface area contributed by atoms with Crippen LogP contribution in [0.4, 0.5) is 0 Å². The SMILES string of the molecule is CN(C)C(=O)CN(Cc1ccccc1O)CC1CCCO1. The van der Waals surface area contributed by atoms with Gasteiger partial charge in [0.1, 0.15) is 5.75 Å². The molecular weight excluding hydrogens is 268 g/mol. The van der Waals surface area contributed by atoms with E-state index in [1.165, 1.54) is 0 Å². The Hall–Kier alpha value is -1.59. The van der Waals surface area contributed by atoms with E-state index in [0.717, 1.165) is 25.0 Å². The van der Waals surface area contributed by atoms with Crippen molar-refractivity contribution in [2.24, 2.45) is 0 Å². The number of hydrogen-bond donors (Lipinski definition) is 1. The summed E-state index contributed by atoms with van der Waals surface area (Å²) >= 11 is 0. The number of phenolic OH excluding ortho intramolecular Hbond substituents is 1. The Morgan fingerprint density at radius 1 is 1.38 bits per heavy atom. The van der Waals surface area contributed by atoms with Crippen LogP contribution in [0.2, 0.25) is 0 Å². The van der Waals surface area contributed by atoms with Crippen LogP contribution in [0.3, 0.4) is 0 Å². The quantitative estimate of drug-likeness (QED) is 0.862. The molecule has 1 atom stereocenters. The molecular formula is C16H24N2O3. The number of ether oxygens (including phenoxy) is 1. The molecule has 1 amide bonds. The minimum atomic E-state index is 0.0587. The number of hydrogen-bond acceptors (Lipinski definition) is 4. The van der Waals surface area contributed by atoms with Crippen molar-refractivity contribution in [3.05, 3.63) is 29.8 Å². The number of benzene rings is 1. The van der Waals surface area contributed by atoms with E-state index in [4.69, 9.17) is 4.74 Å². The van der Waals surface area contributed by atoms with Gasteiger partial charge in [0.05, 0.1) is 12.6 Å². The fraction of sp³-hybridized carbons (Fsp3) is 0.562. The minimum Gasteiger partial charge on any atom is -0.508 e. The second-order valence-electron chi connectivity index (χ2n) is 5.72. The van der Waals surface area contributed by atoms with Gasteiger partial charge in [0.2, 0.25) is 5.91 Å². The summed E-state index contributed by atoms with van der Waals surface area (Å²) in [5, 5.41) is 9.91. The summed E-state index contributed by atoms with van der Waals surface area (Å²) in [7, 11) is 3.51. The van der Waals surface area contributed by atoms with Crippen LogP contribution in [0, 0.1) is 0 Å². The minimum absolute atomic E-state index is 0.0587. The van der Waals surface area contributed by atoms with E-state index in [-0.39, 0.29) is 17.8 Å². The molecule has 1 fully saturated rings. The molecule has 1 aliphatic heterocycles. The number of likely N-dealkylation sites (N-methyl/N-ethyl adjacent to an activating group) is 1. The van der Waals surface area contributed by atoms with Gasteiger partial charge in [-0.25, -0.2) is 0 Å². The van der Waals surface area contributed by atoms with E-state index in [1.54, 1.807) is 31.1 Å². The predicted molar refractivity (Wildman–Crippen MR) is 81.1 cm³/mol. The van der Waals surface area contributed by atoms with E-state index in [0.29, 0.717) is 19.6 Å². The van der Waals surface area contributed by atoms with Crippen molar-refractivity contribution in [3.63, 3.8) is 0 Å². The molecule has 0 radical (unpaired) electrons. The average Bonchev–Trinajstić information content (AvgIpc) is 2.94. The third kappa shape index (κ3) is 4.72. The van der Waals surface area contributed by atoms with Crippen LogP contribution in [-0.2, 0) is 16.1 Å². The van der Waals surface area contributed by atoms with Crippen molar-refractivity contribution in [2.45, 2.75) is 25.5 Å². The van der Waals surface area contributed by atoms with Gasteiger partial charge in [-0.2, -0.15) is 0 Å². The van der Waals surface area contributed by atoms with Crippen molar-refractivity contribution in [2.75, 3.05) is 33.8 Å². The molecule has 1 aromatic rings. The molecule has 0 spiro atoms. The maximum atomic E-state index is 12.0. The highest BCUT2D eigenvalue weighted by atomic mass is 16.5. The lowest BCUT2D eigenvalue weighted by Crippen LogP contribution is -2.40. The van der Waals surface area contributed by atoms with Crippen molar-refractivity contribution in [3.8, 4) is 5.75 Å². The van der Waals surface area contributed by atoms with Crippen LogP contribution in [0.25, 0.3) is 0 Å². The number of amides is 1. The van der Waals surface area contributed by atoms with Gasteiger partial charge in [0.15, 0.2) is 0 Å². The lowest BCUT2D eigenvalue weighted by Gasteiger charge is -2.26. The van der Waals surface area contributed by atoms with Gasteiger partial charge >= 0.3 is 0 Å². The first-order valence-electron chi connectivity index (χ1n) is 7.37. The van der Waals surface area contributed by atoms with Gasteiger partial charge in [0.25, 0.3) is 0 Å². The summed E-state index contributed by atoms with van der Waals surface area (Å²) in [6.45, 7) is 2.40. The smallest absolute Gasteiger partial charge is 0.236 e. The standard InChI is InChI=1S/C16H24N2O3/c1-17(2)16(20)12-18(11-14-7-5-9-21-14)10-13-6-3-4-8-15(13)19/h3-4,6,8,14,19H,5,7,9-12H2,1-2H3. The Morgan fingerprint density at radius 2 is 2.14 bits per heavy atom. The third-order valence-electron chi connectivity index (χ3n) is 3.73. The van der Waals surface area contributed by atoms with Crippen LogP contribution < -0.4 is 0 Å². The number of nitrogens with zero attached hydrogens (tertiary/aromatic N) is 2. The lowest BCUT2D eigenvalue weighted by molar-refractivity contribution is -0.130. The third-order valence-corrected chi connectivity index (χ3v) is 3.73. The van der Waals surface area contributed by atoms with Crippen LogP contribution in [0.1, 0.15) is 18.4 Å². The molecule has 1 aromatic carbocycles. The summed E-state index contributed by atoms with van der Waals surface area (Å²) in [4.78, 5) is 15.6. The summed E-state index contributed by atoms with van der Waals surface area (Å²) in [6.07, 6.45) is 2.30. The van der Waals surface area contributed by atoms with Crippen molar-refractivity contribution in [1.29, 1.82) is 0 Å². The molecule has 1 heterocycles. The second-order valence-corrected chi connectivity index (χ2v) is 5.72. The van der Waals surface area contributed by atoms with Gasteiger partial charge in [-0.1, -0.05) is 18.2 Å². The Morgan fingerprint density at radius 3 is 2.76 bits per heavy atom. The summed E-state index contributed by atoms with van der Waals surface area (Å²) in [6, 6.07) is 7.26. The van der Waals surface area contributed by atoms with E-state index >= 15 is 0 Å². The van der Waals surface area contributed by atoms with E-state index in [2.05, 4.69) is 0 Å². The Kier molecular flexibility index (Phi) is 5.59. The van der Waals surface area contributed by atoms with E-state index in [1.807, 2.05) is 17.0 Å². The molecule has 0 aliphatic carbocycles. The van der Waals surface area contributed by atoms with Crippen LogP contribution in [0.5, 0.6) is 5.75 Å². The van der Waals surface area contributed by atoms with Gasteiger partial charge in [-0.05, 0) is 18.9 Å². The first-order chi connectivity index (χ1) is 10.1. The monoisotopic (exact) mass is 292 g/mol. The zero-order valence-electron chi connectivity index (χ0n) is 12.8. The zero-order chi connectivity index (χ0) is 15.2. The number of carbonyl (C=O) groups excluding carboxylic acids is 1. The molecule has 1 saturated heterocycles. The highest BCUT2D eigenvalue weighted by Gasteiger charge is 2.22. The van der Waals surface area contributed by atoms with Gasteiger partial charge < -0.3 is 14.7 Å². The van der Waals surface area contributed by atoms with Crippen molar-refractivity contribution in [1.82, 2.24) is 9.80 Å². The van der Waals surface area contributed by atoms with Crippen molar-refractivity contribution >= 4 is 5.91 Å². The topological polar surface area (TPSA) is 53.0 Å². The zero-order valence-corrected chi connectivity index (χ0v) is 12.8. The van der Waals surface area contributed by atoms with E-state index < -0.39 is 0 Å². The molecule has 1 aliphatic rings. The van der Waals surface area contributed by atoms with Crippen LogP contribution in [0.15, 0.2) is 24.3 Å². The Bertz CT molecular complexity index is 470. The number of para-hydroxylation sites is 1. The fourth-order valence-electron chi connectivity index (χ4n) is 2.48. The number of aromatic hydroxyl groups is 1. The largest absolute Gasteiger partial charge is 0.508 e. The van der Waals surface area contributed by atoms with Gasteiger partial charge in [0, 0.05) is 39.4 Å². The van der Waals surface area contributed by atoms with Gasteiger partial charge in [-0.15, -0.1) is 0 Å². The Labute approximate surface area is 126 Å². The number of rotatable bonds is 6. The maximum absolute atomic E-state index is 12.0. The first-order valence-corrected chi connectivity index (χ1v) is 7.37. The molecule has 5 heteroatoms. The summed E-state index contributed by atoms with van der Waals surface area (Å²) in [5.41, 5.74) is 0.835. The van der Waals surface area contributed by atoms with Crippen LogP contribution in [-0.4, -0.2) is 60.7 Å². The molecule has 116 valence electrons. The highest BCUT2D eigenvalue weighted by Crippen LogP contribution is 2.20. The summed E-state index contributed by atoms with van der Waals surface area (Å²) < 4.78 is 5.66. The Balaban J connectivity index is 2.03. The van der Waals surface area contributed by atoms with E-state index in [9.17, 15) is 9.90 Å². The molecule has 2 rings (SSSR count). The molecule has 1 unspecified atom stereocenters. The number of carbonyl (C=O) groups is 1. The van der Waals surface area contributed by atoms with Crippen LogP contribution >= 0.6 is 0 Å². The molecule has 5 nitrogen and oxygen atoms in total. The average molecular weight is 292 g/mol. The normalized spacial score (nSPS) is 18.1. The van der Waals surface area contributed by atoms with Gasteiger partial charge in [-0.3, -0.25) is 9.69 Å².